The number of hydrogen-bond donors (Lipinski definition) is 1. The van der Waals surface area contributed by atoms with Crippen LogP contribution in [0.3, 0.4) is 0 Å². The molecule has 0 bridgehead atoms. The van der Waals surface area contributed by atoms with E-state index in [4.69, 9.17) is 10.5 Å². The summed E-state index contributed by atoms with van der Waals surface area (Å²) in [5, 5.41) is 20.5. The van der Waals surface area contributed by atoms with Gasteiger partial charge >= 0.3 is 0 Å². The summed E-state index contributed by atoms with van der Waals surface area (Å²) >= 11 is 0. The quantitative estimate of drug-likeness (QED) is 0.678. The molecule has 0 aliphatic heterocycles. The molecule has 1 aliphatic rings. The van der Waals surface area contributed by atoms with Crippen molar-refractivity contribution in [1.29, 1.82) is 10.5 Å². The van der Waals surface area contributed by atoms with Crippen molar-refractivity contribution in [3.8, 4) is 12.1 Å². The van der Waals surface area contributed by atoms with E-state index in [1.165, 1.54) is 6.07 Å². The monoisotopic (exact) mass is 302 g/mol. The summed E-state index contributed by atoms with van der Waals surface area (Å²) in [6.07, 6.45) is 3.29. The minimum atomic E-state index is -3.33. The number of nitrogens with one attached hydrogen (secondary N) is 1. The van der Waals surface area contributed by atoms with Crippen LogP contribution in [0.1, 0.15) is 25.7 Å². The first kappa shape index (κ1) is 15.0. The second kappa shape index (κ2) is 6.38. The van der Waals surface area contributed by atoms with Gasteiger partial charge in [0, 0.05) is 0 Å². The first-order chi connectivity index (χ1) is 10.1. The van der Waals surface area contributed by atoms with Gasteiger partial charge in [0.15, 0.2) is 9.84 Å². The van der Waals surface area contributed by atoms with E-state index in [9.17, 15) is 8.42 Å². The van der Waals surface area contributed by atoms with Crippen LogP contribution >= 0.6 is 0 Å². The third-order valence-corrected chi connectivity index (χ3v) is 5.67. The van der Waals surface area contributed by atoms with Gasteiger partial charge in [-0.3, -0.25) is 5.43 Å². The highest BCUT2D eigenvalue weighted by Gasteiger charge is 2.30. The van der Waals surface area contributed by atoms with Crippen molar-refractivity contribution < 1.29 is 8.42 Å². The van der Waals surface area contributed by atoms with Crippen molar-refractivity contribution >= 4 is 21.2 Å². The molecule has 0 atom stereocenters. The van der Waals surface area contributed by atoms with Gasteiger partial charge in [0.05, 0.1) is 15.8 Å². The molecule has 108 valence electrons. The molecule has 1 aromatic carbocycles. The molecule has 7 heteroatoms. The topological polar surface area (TPSA) is 106 Å². The van der Waals surface area contributed by atoms with E-state index in [0.717, 1.165) is 12.8 Å². The maximum Gasteiger partial charge on any atom is 0.237 e. The molecule has 6 nitrogen and oxygen atoms in total. The van der Waals surface area contributed by atoms with Crippen LogP contribution in [0.25, 0.3) is 0 Å². The molecule has 0 saturated heterocycles. The summed E-state index contributed by atoms with van der Waals surface area (Å²) in [6.45, 7) is 0. The highest BCUT2D eigenvalue weighted by Crippen LogP contribution is 2.30. The summed E-state index contributed by atoms with van der Waals surface area (Å²) in [7, 11) is -3.33. The molecule has 0 amide bonds. The van der Waals surface area contributed by atoms with Crippen molar-refractivity contribution in [2.24, 2.45) is 5.10 Å². The number of benzene rings is 1. The van der Waals surface area contributed by atoms with Gasteiger partial charge in [-0.2, -0.15) is 15.6 Å². The Morgan fingerprint density at radius 3 is 2.52 bits per heavy atom. The first-order valence-corrected chi connectivity index (χ1v) is 8.10. The van der Waals surface area contributed by atoms with E-state index in [0.29, 0.717) is 18.5 Å². The lowest BCUT2D eigenvalue weighted by Crippen LogP contribution is -2.17. The molecular weight excluding hydrogens is 288 g/mol. The fourth-order valence-corrected chi connectivity index (χ4v) is 4.23. The molecule has 2 rings (SSSR count). The van der Waals surface area contributed by atoms with E-state index in [-0.39, 0.29) is 15.9 Å². The van der Waals surface area contributed by atoms with Gasteiger partial charge in [-0.05, 0) is 31.0 Å². The molecule has 0 spiro atoms. The summed E-state index contributed by atoms with van der Waals surface area (Å²) in [5.74, 6) is 0. The molecule has 0 unspecified atom stereocenters. The zero-order chi connectivity index (χ0) is 15.3. The Kier molecular flexibility index (Phi) is 4.56. The number of nitriles is 2. The summed E-state index contributed by atoms with van der Waals surface area (Å²) in [6, 6.07) is 9.51. The zero-order valence-electron chi connectivity index (χ0n) is 11.3. The molecule has 21 heavy (non-hydrogen) atoms. The Morgan fingerprint density at radius 1 is 1.24 bits per heavy atom. The SMILES string of the molecule is N#CC(C#N)=NNc1cccc(S(=O)(=O)C2CCCC2)c1. The predicted molar refractivity (Wildman–Crippen MR) is 78.2 cm³/mol. The first-order valence-electron chi connectivity index (χ1n) is 6.56. The van der Waals surface area contributed by atoms with Crippen LogP contribution in [-0.2, 0) is 9.84 Å². The highest BCUT2D eigenvalue weighted by molar-refractivity contribution is 7.92. The third kappa shape index (κ3) is 3.39. The number of rotatable bonds is 4. The maximum absolute atomic E-state index is 12.5. The Morgan fingerprint density at radius 2 is 1.90 bits per heavy atom. The maximum atomic E-state index is 12.5. The van der Waals surface area contributed by atoms with Crippen LogP contribution in [-0.4, -0.2) is 19.4 Å². The Bertz CT molecular complexity index is 719. The molecule has 1 aromatic rings. The summed E-state index contributed by atoms with van der Waals surface area (Å²) < 4.78 is 24.9. The molecule has 1 saturated carbocycles. The minimum Gasteiger partial charge on any atom is -0.276 e. The standard InChI is InChI=1S/C14H14N4O2S/c15-9-12(10-16)18-17-11-4-3-7-14(8-11)21(19,20)13-5-1-2-6-13/h3-4,7-8,13,17H,1-2,5-6H2. The fraction of sp³-hybridized carbons (Fsp3) is 0.357. The van der Waals surface area contributed by atoms with E-state index in [1.807, 2.05) is 0 Å². The van der Waals surface area contributed by atoms with Crippen molar-refractivity contribution in [3.63, 3.8) is 0 Å². The van der Waals surface area contributed by atoms with Gasteiger partial charge in [-0.25, -0.2) is 8.42 Å². The molecule has 0 heterocycles. The van der Waals surface area contributed by atoms with Crippen LogP contribution in [0.2, 0.25) is 0 Å². The lowest BCUT2D eigenvalue weighted by Gasteiger charge is -2.12. The van der Waals surface area contributed by atoms with Gasteiger partial charge in [0.2, 0.25) is 5.71 Å². The highest BCUT2D eigenvalue weighted by atomic mass is 32.2. The van der Waals surface area contributed by atoms with Crippen LogP contribution < -0.4 is 5.43 Å². The van der Waals surface area contributed by atoms with E-state index in [2.05, 4.69) is 10.5 Å². The fourth-order valence-electron chi connectivity index (χ4n) is 2.33. The number of sulfone groups is 1. The second-order valence-corrected chi connectivity index (χ2v) is 7.00. The number of hydrazone groups is 1. The second-order valence-electron chi connectivity index (χ2n) is 4.78. The lowest BCUT2D eigenvalue weighted by molar-refractivity contribution is 0.579. The smallest absolute Gasteiger partial charge is 0.237 e. The van der Waals surface area contributed by atoms with Gasteiger partial charge in [0.1, 0.15) is 12.1 Å². The molecular formula is C14H14N4O2S. The van der Waals surface area contributed by atoms with Gasteiger partial charge in [0.25, 0.3) is 0 Å². The Labute approximate surface area is 123 Å². The van der Waals surface area contributed by atoms with Crippen molar-refractivity contribution in [3.05, 3.63) is 24.3 Å². The average Bonchev–Trinajstić information content (AvgIpc) is 3.03. The number of nitrogens with zero attached hydrogens (tertiary/aromatic N) is 3. The van der Waals surface area contributed by atoms with Crippen molar-refractivity contribution in [1.82, 2.24) is 0 Å². The van der Waals surface area contributed by atoms with E-state index in [1.54, 1.807) is 30.3 Å². The minimum absolute atomic E-state index is 0.241. The zero-order valence-corrected chi connectivity index (χ0v) is 12.1. The van der Waals surface area contributed by atoms with Crippen LogP contribution in [0.15, 0.2) is 34.3 Å². The molecule has 1 fully saturated rings. The van der Waals surface area contributed by atoms with Crippen LogP contribution in [0.5, 0.6) is 0 Å². The predicted octanol–water partition coefficient (Wildman–Crippen LogP) is 2.22. The van der Waals surface area contributed by atoms with E-state index >= 15 is 0 Å². The summed E-state index contributed by atoms with van der Waals surface area (Å²) in [5.41, 5.74) is 2.64. The lowest BCUT2D eigenvalue weighted by atomic mass is 10.3. The largest absolute Gasteiger partial charge is 0.276 e. The van der Waals surface area contributed by atoms with Gasteiger partial charge < -0.3 is 0 Å². The van der Waals surface area contributed by atoms with Crippen LogP contribution in [0.4, 0.5) is 5.69 Å². The third-order valence-electron chi connectivity index (χ3n) is 3.41. The van der Waals surface area contributed by atoms with Crippen LogP contribution in [0, 0.1) is 22.7 Å². The molecule has 0 aromatic heterocycles. The Balaban J connectivity index is 2.24. The number of hydrogen-bond acceptors (Lipinski definition) is 6. The van der Waals surface area contributed by atoms with Gasteiger partial charge in [-0.15, -0.1) is 0 Å². The van der Waals surface area contributed by atoms with Crippen molar-refractivity contribution in [2.75, 3.05) is 5.43 Å². The Hall–Kier alpha value is -2.38. The van der Waals surface area contributed by atoms with Gasteiger partial charge in [-0.1, -0.05) is 18.9 Å². The normalized spacial score (nSPS) is 15.0. The number of anilines is 1. The molecule has 1 N–H and O–H groups in total. The van der Waals surface area contributed by atoms with Crippen molar-refractivity contribution in [2.45, 2.75) is 35.8 Å². The summed E-state index contributed by atoms with van der Waals surface area (Å²) in [4.78, 5) is 0.241. The molecule has 0 radical (unpaired) electrons. The van der Waals surface area contributed by atoms with E-state index < -0.39 is 9.84 Å². The average molecular weight is 302 g/mol. The molecule has 1 aliphatic carbocycles.